The van der Waals surface area contributed by atoms with Crippen molar-refractivity contribution in [3.8, 4) is 0 Å². The van der Waals surface area contributed by atoms with Crippen LogP contribution in [0.15, 0.2) is 16.3 Å². The Balaban J connectivity index is 2.88. The lowest BCUT2D eigenvalue weighted by molar-refractivity contribution is 0.546. The zero-order valence-electron chi connectivity index (χ0n) is 5.56. The lowest BCUT2D eigenvalue weighted by Gasteiger charge is -2.26. The molecular formula is C5H9ClN4. The summed E-state index contributed by atoms with van der Waals surface area (Å²) in [5, 5.41) is 3.11. The summed E-state index contributed by atoms with van der Waals surface area (Å²) in [4.78, 5) is 3.77. The molecule has 1 atom stereocenters. The molecule has 0 aliphatic carbocycles. The number of hydrogen-bond donors (Lipinski definition) is 3. The van der Waals surface area contributed by atoms with E-state index in [4.69, 9.17) is 23.1 Å². The van der Waals surface area contributed by atoms with Crippen molar-refractivity contribution >= 4 is 17.4 Å². The van der Waals surface area contributed by atoms with Crippen LogP contribution in [0.5, 0.6) is 0 Å². The van der Waals surface area contributed by atoms with E-state index in [0.717, 1.165) is 0 Å². The predicted octanol–water partition coefficient (Wildman–Crippen LogP) is -0.341. The van der Waals surface area contributed by atoms with Gasteiger partial charge < -0.3 is 16.8 Å². The van der Waals surface area contributed by atoms with Crippen LogP contribution in [0.3, 0.4) is 0 Å². The second kappa shape index (κ2) is 2.14. The van der Waals surface area contributed by atoms with Crippen molar-refractivity contribution in [3.63, 3.8) is 0 Å². The van der Waals surface area contributed by atoms with Gasteiger partial charge in [-0.1, -0.05) is 11.6 Å². The summed E-state index contributed by atoms with van der Waals surface area (Å²) < 4.78 is 0. The Morgan fingerprint density at radius 2 is 2.40 bits per heavy atom. The normalized spacial score (nSPS) is 32.3. The van der Waals surface area contributed by atoms with Gasteiger partial charge in [0.1, 0.15) is 16.7 Å². The van der Waals surface area contributed by atoms with Crippen molar-refractivity contribution in [2.24, 2.45) is 16.5 Å². The molecule has 0 spiro atoms. The number of aliphatic imine (C=N–C) groups is 1. The maximum absolute atomic E-state index is 5.61. The summed E-state index contributed by atoms with van der Waals surface area (Å²) in [7, 11) is 0. The third kappa shape index (κ3) is 1.22. The van der Waals surface area contributed by atoms with Crippen molar-refractivity contribution in [2.75, 3.05) is 0 Å². The standard InChI is InChI=1S/C5H9ClN4/c1-5(8)4(7)10-3(6)2-9-5/h2,9H,8H2,1H3,(H2,7,10). The van der Waals surface area contributed by atoms with Crippen molar-refractivity contribution in [2.45, 2.75) is 12.6 Å². The number of halogens is 1. The SMILES string of the molecule is CC1(N)NC=C(Cl)N=C1N. The average Bonchev–Trinajstić information content (AvgIpc) is 1.81. The maximum atomic E-state index is 5.61. The van der Waals surface area contributed by atoms with Crippen LogP contribution in [0.25, 0.3) is 0 Å². The second-order valence-electron chi connectivity index (χ2n) is 2.31. The van der Waals surface area contributed by atoms with Crippen LogP contribution in [-0.4, -0.2) is 11.5 Å². The lowest BCUT2D eigenvalue weighted by atomic mass is 10.2. The van der Waals surface area contributed by atoms with E-state index in [1.165, 1.54) is 6.20 Å². The zero-order chi connectivity index (χ0) is 7.78. The summed E-state index contributed by atoms with van der Waals surface area (Å²) >= 11 is 5.51. The Bertz CT molecular complexity index is 206. The van der Waals surface area contributed by atoms with Gasteiger partial charge in [0, 0.05) is 6.20 Å². The maximum Gasteiger partial charge on any atom is 0.146 e. The van der Waals surface area contributed by atoms with E-state index in [-0.39, 0.29) is 0 Å². The number of nitrogens with one attached hydrogen (secondary N) is 1. The Hall–Kier alpha value is -0.740. The molecule has 0 aromatic heterocycles. The first kappa shape index (κ1) is 7.37. The summed E-state index contributed by atoms with van der Waals surface area (Å²) in [5.41, 5.74) is 10.3. The topological polar surface area (TPSA) is 76.4 Å². The fourth-order valence-electron chi connectivity index (χ4n) is 0.547. The minimum Gasteiger partial charge on any atom is -0.384 e. The smallest absolute Gasteiger partial charge is 0.146 e. The van der Waals surface area contributed by atoms with E-state index in [1.54, 1.807) is 6.92 Å². The highest BCUT2D eigenvalue weighted by atomic mass is 35.5. The molecule has 0 aromatic rings. The molecule has 0 bridgehead atoms. The Morgan fingerprint density at radius 3 is 2.80 bits per heavy atom. The van der Waals surface area contributed by atoms with E-state index < -0.39 is 5.66 Å². The molecule has 4 nitrogen and oxygen atoms in total. The largest absolute Gasteiger partial charge is 0.384 e. The zero-order valence-corrected chi connectivity index (χ0v) is 6.31. The third-order valence-electron chi connectivity index (χ3n) is 1.25. The van der Waals surface area contributed by atoms with Crippen molar-refractivity contribution in [3.05, 3.63) is 11.4 Å². The lowest BCUT2D eigenvalue weighted by Crippen LogP contribution is -2.59. The molecule has 0 amide bonds. The molecule has 10 heavy (non-hydrogen) atoms. The Morgan fingerprint density at radius 1 is 1.80 bits per heavy atom. The average molecular weight is 161 g/mol. The molecule has 1 aliphatic heterocycles. The number of hydrogen-bond acceptors (Lipinski definition) is 4. The van der Waals surface area contributed by atoms with Gasteiger partial charge in [0.2, 0.25) is 0 Å². The number of nitrogens with two attached hydrogens (primary N) is 2. The highest BCUT2D eigenvalue weighted by Crippen LogP contribution is 2.09. The van der Waals surface area contributed by atoms with Crippen molar-refractivity contribution in [1.29, 1.82) is 0 Å². The molecule has 1 rings (SSSR count). The van der Waals surface area contributed by atoms with Crippen LogP contribution in [-0.2, 0) is 0 Å². The van der Waals surface area contributed by atoms with Gasteiger partial charge in [-0.2, -0.15) is 0 Å². The monoisotopic (exact) mass is 160 g/mol. The van der Waals surface area contributed by atoms with Gasteiger partial charge in [-0.15, -0.1) is 0 Å². The first-order valence-electron chi connectivity index (χ1n) is 2.79. The number of nitrogens with zero attached hydrogens (tertiary/aromatic N) is 1. The van der Waals surface area contributed by atoms with Gasteiger partial charge in [-0.3, -0.25) is 0 Å². The molecule has 1 unspecified atom stereocenters. The van der Waals surface area contributed by atoms with Gasteiger partial charge in [-0.05, 0) is 6.92 Å². The molecule has 1 heterocycles. The third-order valence-corrected chi connectivity index (χ3v) is 1.44. The Labute approximate surface area is 63.9 Å². The molecule has 56 valence electrons. The van der Waals surface area contributed by atoms with E-state index in [9.17, 15) is 0 Å². The fourth-order valence-corrected chi connectivity index (χ4v) is 0.692. The van der Waals surface area contributed by atoms with Crippen LogP contribution in [0.1, 0.15) is 6.92 Å². The van der Waals surface area contributed by atoms with E-state index in [1.807, 2.05) is 0 Å². The number of amidine groups is 1. The van der Waals surface area contributed by atoms with E-state index in [2.05, 4.69) is 10.3 Å². The van der Waals surface area contributed by atoms with Gasteiger partial charge in [0.05, 0.1) is 0 Å². The summed E-state index contributed by atoms with van der Waals surface area (Å²) in [6, 6.07) is 0. The molecule has 0 aromatic carbocycles. The second-order valence-corrected chi connectivity index (χ2v) is 2.70. The number of rotatable bonds is 0. The van der Waals surface area contributed by atoms with Crippen molar-refractivity contribution < 1.29 is 0 Å². The molecular weight excluding hydrogens is 152 g/mol. The van der Waals surface area contributed by atoms with Crippen LogP contribution >= 0.6 is 11.6 Å². The molecule has 0 radical (unpaired) electrons. The van der Waals surface area contributed by atoms with Crippen LogP contribution in [0.4, 0.5) is 0 Å². The van der Waals surface area contributed by atoms with Gasteiger partial charge in [0.25, 0.3) is 0 Å². The molecule has 5 N–H and O–H groups in total. The Kier molecular flexibility index (Phi) is 1.58. The minimum atomic E-state index is -0.765. The van der Waals surface area contributed by atoms with Gasteiger partial charge in [0.15, 0.2) is 0 Å². The fraction of sp³-hybridized carbons (Fsp3) is 0.400. The van der Waals surface area contributed by atoms with E-state index in [0.29, 0.717) is 11.0 Å². The quantitative estimate of drug-likeness (QED) is 0.425. The van der Waals surface area contributed by atoms with Gasteiger partial charge >= 0.3 is 0 Å². The molecule has 0 fully saturated rings. The molecule has 0 saturated heterocycles. The molecule has 5 heteroatoms. The van der Waals surface area contributed by atoms with Crippen LogP contribution < -0.4 is 16.8 Å². The van der Waals surface area contributed by atoms with Crippen molar-refractivity contribution in [1.82, 2.24) is 5.32 Å². The predicted molar refractivity (Wildman–Crippen MR) is 41.3 cm³/mol. The summed E-state index contributed by atoms with van der Waals surface area (Å²) in [6.45, 7) is 1.71. The van der Waals surface area contributed by atoms with Crippen LogP contribution in [0.2, 0.25) is 0 Å². The molecule has 0 saturated carbocycles. The first-order valence-corrected chi connectivity index (χ1v) is 3.17. The minimum absolute atomic E-state index is 0.292. The summed E-state index contributed by atoms with van der Waals surface area (Å²) in [6.07, 6.45) is 1.51. The molecule has 1 aliphatic rings. The first-order chi connectivity index (χ1) is 4.52. The highest BCUT2D eigenvalue weighted by Gasteiger charge is 2.24. The summed E-state index contributed by atoms with van der Waals surface area (Å²) in [5.74, 6) is 0.292. The van der Waals surface area contributed by atoms with Gasteiger partial charge in [-0.25, -0.2) is 4.99 Å². The highest BCUT2D eigenvalue weighted by molar-refractivity contribution is 6.30. The van der Waals surface area contributed by atoms with E-state index >= 15 is 0 Å². The van der Waals surface area contributed by atoms with Crippen LogP contribution in [0, 0.1) is 0 Å².